The van der Waals surface area contributed by atoms with Gasteiger partial charge in [0.15, 0.2) is 11.8 Å². The highest BCUT2D eigenvalue weighted by Gasteiger charge is 2.47. The summed E-state index contributed by atoms with van der Waals surface area (Å²) in [5.74, 6) is 0.166. The van der Waals surface area contributed by atoms with Crippen LogP contribution in [0.1, 0.15) is 39.8 Å². The highest BCUT2D eigenvalue weighted by Crippen LogP contribution is 2.34. The topological polar surface area (TPSA) is 110 Å². The number of rotatable bonds is 4. The number of fused-ring (bicyclic) bond motifs is 1. The number of piperidine rings is 1. The zero-order valence-corrected chi connectivity index (χ0v) is 20.3. The van der Waals surface area contributed by atoms with Crippen molar-refractivity contribution < 1.29 is 14.2 Å². The first kappa shape index (κ1) is 23.1. The van der Waals surface area contributed by atoms with Crippen LogP contribution in [0.25, 0.3) is 28.3 Å². The molecule has 0 radical (unpaired) electrons. The number of alkyl halides is 1. The molecule has 1 aliphatic rings. The molecular formula is C25H28FN7O2. The van der Waals surface area contributed by atoms with Gasteiger partial charge < -0.3 is 15.2 Å². The number of pyridine rings is 1. The minimum Gasteiger partial charge on any atom is -0.506 e. The van der Waals surface area contributed by atoms with Crippen molar-refractivity contribution in [2.75, 3.05) is 0 Å². The number of nitrogens with zero attached hydrogens (tertiary/aromatic N) is 6. The van der Waals surface area contributed by atoms with E-state index in [0.717, 1.165) is 11.3 Å². The van der Waals surface area contributed by atoms with Crippen LogP contribution in [0.4, 0.5) is 4.39 Å². The Morgan fingerprint density at radius 3 is 2.60 bits per heavy atom. The van der Waals surface area contributed by atoms with Crippen LogP contribution in [-0.4, -0.2) is 58.2 Å². The molecule has 4 aromatic heterocycles. The van der Waals surface area contributed by atoms with Gasteiger partial charge in [0.1, 0.15) is 23.2 Å². The number of halogens is 1. The van der Waals surface area contributed by atoms with Crippen molar-refractivity contribution in [2.45, 2.75) is 64.4 Å². The molecule has 1 saturated heterocycles. The molecule has 0 unspecified atom stereocenters. The summed E-state index contributed by atoms with van der Waals surface area (Å²) in [6, 6.07) is 8.53. The number of ether oxygens (including phenoxy) is 1. The summed E-state index contributed by atoms with van der Waals surface area (Å²) in [4.78, 5) is 8.75. The summed E-state index contributed by atoms with van der Waals surface area (Å²) in [5.41, 5.74) is 2.55. The van der Waals surface area contributed by atoms with E-state index in [1.807, 2.05) is 52.9 Å². The van der Waals surface area contributed by atoms with E-state index in [-0.39, 0.29) is 22.9 Å². The summed E-state index contributed by atoms with van der Waals surface area (Å²) in [6.45, 7) is 9.59. The first-order valence-electron chi connectivity index (χ1n) is 11.5. The summed E-state index contributed by atoms with van der Waals surface area (Å²) in [5, 5.41) is 26.7. The third-order valence-corrected chi connectivity index (χ3v) is 6.15. The van der Waals surface area contributed by atoms with Gasteiger partial charge in [-0.25, -0.2) is 18.9 Å². The average molecular weight is 478 g/mol. The Hall–Kier alpha value is -3.66. The molecule has 4 aromatic rings. The van der Waals surface area contributed by atoms with E-state index in [9.17, 15) is 5.11 Å². The van der Waals surface area contributed by atoms with E-state index < -0.39 is 17.8 Å². The maximum absolute atomic E-state index is 15.0. The number of hydrogen-bond acceptors (Lipinski definition) is 8. The average Bonchev–Trinajstić information content (AvgIpc) is 3.16. The standard InChI is InChI=1S/C25H28FN7O2/c1-14-13-33-20(28-14)8-6-16(31-33)15-10-18(34)22(27-12-15)17-7-9-21(30-29-17)35-19-11-24(2,3)32-25(4,5)23(19)26/h6-10,12-13,19,23,32,34H,11H2,1-5H3/t19-,23-/m1/s1. The summed E-state index contributed by atoms with van der Waals surface area (Å²) in [6.07, 6.45) is 2.07. The van der Waals surface area contributed by atoms with Gasteiger partial charge in [0.25, 0.3) is 0 Å². The Balaban J connectivity index is 1.35. The molecule has 0 aliphatic carbocycles. The Bertz CT molecular complexity index is 1380. The van der Waals surface area contributed by atoms with Crippen molar-refractivity contribution in [1.29, 1.82) is 0 Å². The Kier molecular flexibility index (Phi) is 5.43. The molecule has 5 rings (SSSR count). The van der Waals surface area contributed by atoms with Crippen LogP contribution in [-0.2, 0) is 0 Å². The molecule has 0 aromatic carbocycles. The molecule has 0 spiro atoms. The fourth-order valence-corrected chi connectivity index (χ4v) is 4.77. The number of nitrogens with one attached hydrogen (secondary N) is 1. The van der Waals surface area contributed by atoms with Crippen LogP contribution < -0.4 is 10.1 Å². The molecule has 0 amide bonds. The third kappa shape index (κ3) is 4.53. The van der Waals surface area contributed by atoms with Crippen LogP contribution in [0.15, 0.2) is 42.7 Å². The molecular weight excluding hydrogens is 449 g/mol. The number of aryl methyl sites for hydroxylation is 1. The number of imidazole rings is 1. The molecule has 1 fully saturated rings. The van der Waals surface area contributed by atoms with Crippen LogP contribution in [0.5, 0.6) is 11.6 Å². The largest absolute Gasteiger partial charge is 0.506 e. The molecule has 2 N–H and O–H groups in total. The van der Waals surface area contributed by atoms with Gasteiger partial charge in [-0.15, -0.1) is 10.2 Å². The maximum atomic E-state index is 15.0. The number of hydrogen-bond donors (Lipinski definition) is 2. The predicted molar refractivity (Wildman–Crippen MR) is 129 cm³/mol. The highest BCUT2D eigenvalue weighted by atomic mass is 19.1. The molecule has 0 bridgehead atoms. The van der Waals surface area contributed by atoms with Gasteiger partial charge in [-0.05, 0) is 58.9 Å². The lowest BCUT2D eigenvalue weighted by molar-refractivity contribution is -0.0281. The minimum absolute atomic E-state index is 0.0557. The summed E-state index contributed by atoms with van der Waals surface area (Å²) in [7, 11) is 0. The van der Waals surface area contributed by atoms with Crippen LogP contribution in [0.3, 0.4) is 0 Å². The third-order valence-electron chi connectivity index (χ3n) is 6.15. The van der Waals surface area contributed by atoms with Crippen molar-refractivity contribution in [3.63, 3.8) is 0 Å². The van der Waals surface area contributed by atoms with Crippen molar-refractivity contribution >= 4 is 5.65 Å². The van der Waals surface area contributed by atoms with Crippen molar-refractivity contribution in [2.24, 2.45) is 0 Å². The summed E-state index contributed by atoms with van der Waals surface area (Å²) < 4.78 is 22.6. The maximum Gasteiger partial charge on any atom is 0.233 e. The Labute approximate surface area is 202 Å². The van der Waals surface area contributed by atoms with E-state index in [1.165, 1.54) is 0 Å². The van der Waals surface area contributed by atoms with Crippen LogP contribution in [0, 0.1) is 6.92 Å². The second-order valence-electron chi connectivity index (χ2n) is 10.2. The molecule has 1 aliphatic heterocycles. The zero-order chi connectivity index (χ0) is 25.0. The van der Waals surface area contributed by atoms with E-state index >= 15 is 4.39 Å². The van der Waals surface area contributed by atoms with Gasteiger partial charge >= 0.3 is 0 Å². The van der Waals surface area contributed by atoms with E-state index in [0.29, 0.717) is 23.4 Å². The van der Waals surface area contributed by atoms with Crippen molar-refractivity contribution in [3.8, 4) is 34.3 Å². The Morgan fingerprint density at radius 2 is 1.89 bits per heavy atom. The van der Waals surface area contributed by atoms with E-state index in [4.69, 9.17) is 4.74 Å². The van der Waals surface area contributed by atoms with E-state index in [2.05, 4.69) is 30.6 Å². The molecule has 182 valence electrons. The normalized spacial score (nSPS) is 21.2. The van der Waals surface area contributed by atoms with Gasteiger partial charge in [-0.2, -0.15) is 5.10 Å². The molecule has 5 heterocycles. The van der Waals surface area contributed by atoms with E-state index in [1.54, 1.807) is 28.9 Å². The minimum atomic E-state index is -1.21. The quantitative estimate of drug-likeness (QED) is 0.455. The van der Waals surface area contributed by atoms with Crippen molar-refractivity contribution in [3.05, 3.63) is 48.4 Å². The van der Waals surface area contributed by atoms with Gasteiger partial charge in [-0.1, -0.05) is 0 Å². The zero-order valence-electron chi connectivity index (χ0n) is 20.3. The summed E-state index contributed by atoms with van der Waals surface area (Å²) >= 11 is 0. The smallest absolute Gasteiger partial charge is 0.233 e. The first-order chi connectivity index (χ1) is 16.5. The van der Waals surface area contributed by atoms with Gasteiger partial charge in [0.2, 0.25) is 5.88 Å². The van der Waals surface area contributed by atoms with Crippen LogP contribution in [0.2, 0.25) is 0 Å². The highest BCUT2D eigenvalue weighted by molar-refractivity contribution is 5.69. The number of aromatic hydroxyl groups is 1. The molecule has 0 saturated carbocycles. The fraction of sp³-hybridized carbons (Fsp3) is 0.400. The molecule has 35 heavy (non-hydrogen) atoms. The van der Waals surface area contributed by atoms with Crippen LogP contribution >= 0.6 is 0 Å². The predicted octanol–water partition coefficient (Wildman–Crippen LogP) is 3.90. The monoisotopic (exact) mass is 477 g/mol. The Morgan fingerprint density at radius 1 is 1.11 bits per heavy atom. The SMILES string of the molecule is Cc1cn2nc(-c3cnc(-c4ccc(O[C@@H]5CC(C)(C)NC(C)(C)[C@@H]5F)nn4)c(O)c3)ccc2n1. The second-order valence-corrected chi connectivity index (χ2v) is 10.2. The fourth-order valence-electron chi connectivity index (χ4n) is 4.77. The van der Waals surface area contributed by atoms with Crippen molar-refractivity contribution in [1.82, 2.24) is 35.1 Å². The van der Waals surface area contributed by atoms with Gasteiger partial charge in [0, 0.05) is 35.3 Å². The first-order valence-corrected chi connectivity index (χ1v) is 11.5. The molecule has 10 heteroatoms. The second kappa shape index (κ2) is 8.23. The number of aromatic nitrogens is 6. The lowest BCUT2D eigenvalue weighted by atomic mass is 9.79. The van der Waals surface area contributed by atoms with Gasteiger partial charge in [0.05, 0.1) is 17.6 Å². The molecule has 2 atom stereocenters. The lowest BCUT2D eigenvalue weighted by Gasteiger charge is -2.48. The lowest BCUT2D eigenvalue weighted by Crippen LogP contribution is -2.66. The van der Waals surface area contributed by atoms with Gasteiger partial charge in [-0.3, -0.25) is 0 Å². The molecule has 9 nitrogen and oxygen atoms in total.